The Morgan fingerprint density at radius 2 is 1.94 bits per heavy atom. The van der Waals surface area contributed by atoms with Gasteiger partial charge in [-0.15, -0.1) is 0 Å². The summed E-state index contributed by atoms with van der Waals surface area (Å²) in [5.41, 5.74) is 2.82. The minimum atomic E-state index is -0.933. The number of aryl methyl sites for hydroxylation is 1. The van der Waals surface area contributed by atoms with Crippen LogP contribution in [0, 0.1) is 12.3 Å². The maximum absolute atomic E-state index is 13.3. The lowest BCUT2D eigenvalue weighted by atomic mass is 9.90. The standard InChI is InChI=1S/C27H41N5O3/c1-17-10-9-12-20-24(17)31-25(30-20)19(3)28-26(35)21(29-22(33)13-14-27(4,5)6)16-23(34)32-15-8-7-11-18(32)2/h9-10,12,18-19,21H,7-8,11,13-16H2,1-6H3,(H,28,35)(H,29,33)(H,30,31)/t18-,19-,21-/m0/s1. The van der Waals surface area contributed by atoms with E-state index in [9.17, 15) is 14.4 Å². The summed E-state index contributed by atoms with van der Waals surface area (Å²) in [6.07, 6.45) is 3.98. The number of hydrogen-bond acceptors (Lipinski definition) is 4. The number of amides is 3. The molecular formula is C27H41N5O3. The van der Waals surface area contributed by atoms with Gasteiger partial charge in [0.05, 0.1) is 23.5 Å². The van der Waals surface area contributed by atoms with Crippen molar-refractivity contribution in [2.75, 3.05) is 6.54 Å². The van der Waals surface area contributed by atoms with Gasteiger partial charge < -0.3 is 20.5 Å². The Balaban J connectivity index is 1.72. The maximum atomic E-state index is 13.3. The first kappa shape index (κ1) is 26.7. The molecule has 0 saturated carbocycles. The van der Waals surface area contributed by atoms with Gasteiger partial charge in [0.25, 0.3) is 0 Å². The van der Waals surface area contributed by atoms with E-state index in [-0.39, 0.29) is 35.6 Å². The van der Waals surface area contributed by atoms with Gasteiger partial charge in [-0.25, -0.2) is 4.98 Å². The van der Waals surface area contributed by atoms with Crippen LogP contribution in [0.3, 0.4) is 0 Å². The van der Waals surface area contributed by atoms with Crippen LogP contribution in [0.1, 0.15) is 90.6 Å². The molecule has 8 heteroatoms. The van der Waals surface area contributed by atoms with Crippen molar-refractivity contribution in [3.8, 4) is 0 Å². The molecular weight excluding hydrogens is 442 g/mol. The molecule has 35 heavy (non-hydrogen) atoms. The minimum absolute atomic E-state index is 0.00207. The zero-order valence-corrected chi connectivity index (χ0v) is 22.0. The quantitative estimate of drug-likeness (QED) is 0.524. The van der Waals surface area contributed by atoms with E-state index < -0.39 is 12.1 Å². The Hall–Kier alpha value is -2.90. The summed E-state index contributed by atoms with van der Waals surface area (Å²) in [4.78, 5) is 48.9. The van der Waals surface area contributed by atoms with E-state index in [0.717, 1.165) is 35.9 Å². The monoisotopic (exact) mass is 483 g/mol. The molecule has 0 bridgehead atoms. The smallest absolute Gasteiger partial charge is 0.243 e. The molecule has 1 aliphatic rings. The van der Waals surface area contributed by atoms with Gasteiger partial charge in [0.2, 0.25) is 17.7 Å². The molecule has 8 nitrogen and oxygen atoms in total. The van der Waals surface area contributed by atoms with Gasteiger partial charge in [0.15, 0.2) is 0 Å². The highest BCUT2D eigenvalue weighted by molar-refractivity contribution is 5.92. The molecule has 0 aliphatic carbocycles. The molecule has 192 valence electrons. The number of para-hydroxylation sites is 1. The second-order valence-corrected chi connectivity index (χ2v) is 11.1. The molecule has 0 radical (unpaired) electrons. The number of likely N-dealkylation sites (tertiary alicyclic amines) is 1. The Morgan fingerprint density at radius 1 is 1.20 bits per heavy atom. The number of rotatable bonds is 8. The number of aromatic nitrogens is 2. The highest BCUT2D eigenvalue weighted by Gasteiger charge is 2.31. The number of nitrogens with zero attached hydrogens (tertiary/aromatic N) is 2. The number of imidazole rings is 1. The summed E-state index contributed by atoms with van der Waals surface area (Å²) in [6.45, 7) is 12.8. The molecule has 0 spiro atoms. The highest BCUT2D eigenvalue weighted by Crippen LogP contribution is 2.22. The van der Waals surface area contributed by atoms with Gasteiger partial charge >= 0.3 is 0 Å². The topological polar surface area (TPSA) is 107 Å². The highest BCUT2D eigenvalue weighted by atomic mass is 16.2. The third-order valence-corrected chi connectivity index (χ3v) is 6.76. The summed E-state index contributed by atoms with van der Waals surface area (Å²) in [5.74, 6) is -0.0553. The zero-order chi connectivity index (χ0) is 25.8. The zero-order valence-electron chi connectivity index (χ0n) is 22.0. The molecule has 2 aromatic rings. The fourth-order valence-electron chi connectivity index (χ4n) is 4.51. The lowest BCUT2D eigenvalue weighted by Crippen LogP contribution is -2.51. The van der Waals surface area contributed by atoms with Gasteiger partial charge in [0.1, 0.15) is 11.9 Å². The van der Waals surface area contributed by atoms with Gasteiger partial charge in [0, 0.05) is 19.0 Å². The number of aromatic amines is 1. The van der Waals surface area contributed by atoms with Crippen molar-refractivity contribution in [2.45, 2.75) is 98.2 Å². The van der Waals surface area contributed by atoms with Gasteiger partial charge in [-0.05, 0) is 63.5 Å². The van der Waals surface area contributed by atoms with Crippen LogP contribution in [0.25, 0.3) is 11.0 Å². The number of nitrogens with one attached hydrogen (secondary N) is 3. The molecule has 2 heterocycles. The number of carbonyl (C=O) groups is 3. The number of carbonyl (C=O) groups excluding carboxylic acids is 3. The fourth-order valence-corrected chi connectivity index (χ4v) is 4.51. The molecule has 1 saturated heterocycles. The van der Waals surface area contributed by atoms with Crippen LogP contribution >= 0.6 is 0 Å². The normalized spacial score (nSPS) is 18.2. The van der Waals surface area contributed by atoms with Gasteiger partial charge in [-0.2, -0.15) is 0 Å². The Kier molecular flexibility index (Phi) is 8.56. The van der Waals surface area contributed by atoms with E-state index in [1.54, 1.807) is 0 Å². The first-order valence-electron chi connectivity index (χ1n) is 12.8. The molecule has 0 unspecified atom stereocenters. The molecule has 3 N–H and O–H groups in total. The summed E-state index contributed by atoms with van der Waals surface area (Å²) in [7, 11) is 0. The van der Waals surface area contributed by atoms with Crippen molar-refractivity contribution < 1.29 is 14.4 Å². The largest absolute Gasteiger partial charge is 0.345 e. The summed E-state index contributed by atoms with van der Waals surface area (Å²) >= 11 is 0. The van der Waals surface area contributed by atoms with Crippen molar-refractivity contribution >= 4 is 28.8 Å². The van der Waals surface area contributed by atoms with E-state index >= 15 is 0 Å². The second kappa shape index (κ2) is 11.2. The van der Waals surface area contributed by atoms with E-state index in [2.05, 4.69) is 41.4 Å². The average molecular weight is 484 g/mol. The molecule has 1 aromatic carbocycles. The number of hydrogen-bond donors (Lipinski definition) is 3. The molecule has 3 amide bonds. The first-order chi connectivity index (χ1) is 16.4. The first-order valence-corrected chi connectivity index (χ1v) is 12.8. The summed E-state index contributed by atoms with van der Waals surface area (Å²) in [6, 6.07) is 4.70. The van der Waals surface area contributed by atoms with Crippen molar-refractivity contribution in [2.24, 2.45) is 5.41 Å². The fraction of sp³-hybridized carbons (Fsp3) is 0.630. The van der Waals surface area contributed by atoms with E-state index in [0.29, 0.717) is 25.2 Å². The van der Waals surface area contributed by atoms with E-state index in [1.807, 2.05) is 43.9 Å². The van der Waals surface area contributed by atoms with Crippen LogP contribution < -0.4 is 10.6 Å². The number of H-pyrrole nitrogens is 1. The minimum Gasteiger partial charge on any atom is -0.345 e. The molecule has 3 atom stereocenters. The van der Waals surface area contributed by atoms with Crippen molar-refractivity contribution in [3.05, 3.63) is 29.6 Å². The van der Waals surface area contributed by atoms with Crippen LogP contribution in [-0.2, 0) is 14.4 Å². The Morgan fingerprint density at radius 3 is 2.60 bits per heavy atom. The Labute approximate surface area is 208 Å². The second-order valence-electron chi connectivity index (χ2n) is 11.1. The van der Waals surface area contributed by atoms with Crippen molar-refractivity contribution in [1.29, 1.82) is 0 Å². The van der Waals surface area contributed by atoms with Crippen molar-refractivity contribution in [3.63, 3.8) is 0 Å². The number of benzene rings is 1. The Bertz CT molecular complexity index is 1050. The summed E-state index contributed by atoms with van der Waals surface area (Å²) in [5, 5.41) is 5.79. The molecule has 3 rings (SSSR count). The molecule has 1 fully saturated rings. The molecule has 1 aromatic heterocycles. The SMILES string of the molecule is Cc1cccc2[nH]c([C@H](C)NC(=O)[C@H](CC(=O)N3CCCC[C@@H]3C)NC(=O)CCC(C)(C)C)nc12. The van der Waals surface area contributed by atoms with Crippen LogP contribution in [0.2, 0.25) is 0 Å². The van der Waals surface area contributed by atoms with Crippen LogP contribution in [0.4, 0.5) is 0 Å². The lowest BCUT2D eigenvalue weighted by Gasteiger charge is -2.34. The van der Waals surface area contributed by atoms with E-state index in [4.69, 9.17) is 0 Å². The van der Waals surface area contributed by atoms with Gasteiger partial charge in [-0.3, -0.25) is 14.4 Å². The van der Waals surface area contributed by atoms with Crippen molar-refractivity contribution in [1.82, 2.24) is 25.5 Å². The summed E-state index contributed by atoms with van der Waals surface area (Å²) < 4.78 is 0. The van der Waals surface area contributed by atoms with Crippen LogP contribution in [0.15, 0.2) is 18.2 Å². The predicted octanol–water partition coefficient (Wildman–Crippen LogP) is 4.15. The van der Waals surface area contributed by atoms with Gasteiger partial charge in [-0.1, -0.05) is 32.9 Å². The van der Waals surface area contributed by atoms with Crippen LogP contribution in [-0.4, -0.2) is 51.2 Å². The number of fused-ring (bicyclic) bond motifs is 1. The van der Waals surface area contributed by atoms with Crippen LogP contribution in [0.5, 0.6) is 0 Å². The predicted molar refractivity (Wildman–Crippen MR) is 138 cm³/mol. The average Bonchev–Trinajstić information content (AvgIpc) is 3.23. The molecule has 1 aliphatic heterocycles. The lowest BCUT2D eigenvalue weighted by molar-refractivity contribution is -0.138. The maximum Gasteiger partial charge on any atom is 0.243 e. The number of piperidine rings is 1. The van der Waals surface area contributed by atoms with E-state index in [1.165, 1.54) is 0 Å². The third-order valence-electron chi connectivity index (χ3n) is 6.76. The third kappa shape index (κ3) is 7.29.